The van der Waals surface area contributed by atoms with Crippen LogP contribution in [-0.4, -0.2) is 53.3 Å². The highest BCUT2D eigenvalue weighted by Gasteiger charge is 2.24. The van der Waals surface area contributed by atoms with Gasteiger partial charge in [0.1, 0.15) is 5.75 Å². The summed E-state index contributed by atoms with van der Waals surface area (Å²) in [4.78, 5) is 22.2. The molecule has 0 atom stereocenters. The Morgan fingerprint density at radius 3 is 2.43 bits per heavy atom. The Bertz CT molecular complexity index is 1020. The molecule has 3 aromatic rings. The predicted octanol–water partition coefficient (Wildman–Crippen LogP) is 6.15. The zero-order valence-corrected chi connectivity index (χ0v) is 21.3. The van der Waals surface area contributed by atoms with E-state index >= 15 is 0 Å². The molecule has 1 aromatic heterocycles. The van der Waals surface area contributed by atoms with Gasteiger partial charge in [-0.1, -0.05) is 42.5 Å². The summed E-state index contributed by atoms with van der Waals surface area (Å²) in [5.41, 5.74) is 2.59. The highest BCUT2D eigenvalue weighted by Crippen LogP contribution is 2.23. The van der Waals surface area contributed by atoms with Gasteiger partial charge in [0.05, 0.1) is 0 Å². The lowest BCUT2D eigenvalue weighted by Gasteiger charge is -2.32. The van der Waals surface area contributed by atoms with Gasteiger partial charge in [-0.2, -0.15) is 0 Å². The molecular formula is C29H35N3O2S. The fraction of sp³-hybridized carbons (Fsp3) is 0.379. The van der Waals surface area contributed by atoms with E-state index in [2.05, 4.69) is 47.3 Å². The summed E-state index contributed by atoms with van der Waals surface area (Å²) in [6.07, 6.45) is 7.64. The van der Waals surface area contributed by atoms with Crippen molar-refractivity contribution in [1.82, 2.24) is 14.8 Å². The van der Waals surface area contributed by atoms with E-state index in [0.717, 1.165) is 51.2 Å². The van der Waals surface area contributed by atoms with E-state index in [4.69, 9.17) is 4.74 Å². The minimum atomic E-state index is -0.231. The maximum atomic E-state index is 12.6. The number of piperidine rings is 1. The van der Waals surface area contributed by atoms with Gasteiger partial charge < -0.3 is 14.5 Å². The molecule has 0 saturated carbocycles. The van der Waals surface area contributed by atoms with Crippen LogP contribution >= 0.6 is 11.8 Å². The van der Waals surface area contributed by atoms with Crippen molar-refractivity contribution >= 4 is 17.9 Å². The van der Waals surface area contributed by atoms with Crippen LogP contribution in [0.15, 0.2) is 84.0 Å². The number of ether oxygens (including phenoxy) is 1. The van der Waals surface area contributed by atoms with Crippen LogP contribution in [0.1, 0.15) is 30.4 Å². The first kappa shape index (κ1) is 25.3. The third kappa shape index (κ3) is 8.41. The largest absolute Gasteiger partial charge is 0.415 e. The topological polar surface area (TPSA) is 45.7 Å². The van der Waals surface area contributed by atoms with Crippen LogP contribution in [0.2, 0.25) is 0 Å². The number of thioether (sulfide) groups is 1. The fourth-order valence-electron chi connectivity index (χ4n) is 4.39. The number of hydrogen-bond donors (Lipinski definition) is 0. The van der Waals surface area contributed by atoms with Crippen LogP contribution in [0.4, 0.5) is 4.79 Å². The summed E-state index contributed by atoms with van der Waals surface area (Å²) in [6, 6.07) is 22.6. The number of aryl methyl sites for hydroxylation is 1. The summed E-state index contributed by atoms with van der Waals surface area (Å²) in [5.74, 6) is 2.28. The molecule has 5 nitrogen and oxygen atoms in total. The number of hydrogen-bond acceptors (Lipinski definition) is 5. The zero-order valence-electron chi connectivity index (χ0n) is 20.5. The average molecular weight is 490 g/mol. The third-order valence-corrected chi connectivity index (χ3v) is 7.54. The van der Waals surface area contributed by atoms with Gasteiger partial charge in [-0.25, -0.2) is 4.79 Å². The molecule has 35 heavy (non-hydrogen) atoms. The van der Waals surface area contributed by atoms with Crippen molar-refractivity contribution in [3.8, 4) is 5.75 Å². The first-order valence-electron chi connectivity index (χ1n) is 12.5. The minimum Gasteiger partial charge on any atom is -0.410 e. The molecular weight excluding hydrogens is 454 g/mol. The van der Waals surface area contributed by atoms with E-state index in [0.29, 0.717) is 11.7 Å². The van der Waals surface area contributed by atoms with Crippen LogP contribution in [0.3, 0.4) is 0 Å². The van der Waals surface area contributed by atoms with Crippen molar-refractivity contribution in [2.45, 2.75) is 37.1 Å². The quantitative estimate of drug-likeness (QED) is 0.320. The Morgan fingerprint density at radius 1 is 1.00 bits per heavy atom. The molecule has 1 aliphatic heterocycles. The van der Waals surface area contributed by atoms with Gasteiger partial charge in [-0.15, -0.1) is 11.8 Å². The van der Waals surface area contributed by atoms with Gasteiger partial charge in [0.2, 0.25) is 0 Å². The van der Waals surface area contributed by atoms with Gasteiger partial charge >= 0.3 is 6.09 Å². The number of benzene rings is 2. The summed E-state index contributed by atoms with van der Waals surface area (Å²) in [6.45, 7) is 3.61. The standard InChI is InChI=1S/C29H35N3O2S/c1-31(23-26-5-3-2-4-6-26)19-13-25-14-20-32(21-15-25)29(33)34-27-9-7-24(8-10-27)16-22-35-28-11-17-30-18-12-28/h2-12,17-18,25H,13-16,19-23H2,1H3. The second-order valence-corrected chi connectivity index (χ2v) is 10.4. The molecule has 0 spiro atoms. The highest BCUT2D eigenvalue weighted by atomic mass is 32.2. The number of nitrogens with zero attached hydrogens (tertiary/aromatic N) is 3. The van der Waals surface area contributed by atoms with Crippen LogP contribution < -0.4 is 4.74 Å². The van der Waals surface area contributed by atoms with Gasteiger partial charge in [-0.3, -0.25) is 4.98 Å². The molecule has 6 heteroatoms. The second kappa shape index (κ2) is 13.3. The molecule has 184 valence electrons. The summed E-state index contributed by atoms with van der Waals surface area (Å²) in [7, 11) is 2.19. The number of aromatic nitrogens is 1. The van der Waals surface area contributed by atoms with E-state index in [1.54, 1.807) is 0 Å². The third-order valence-electron chi connectivity index (χ3n) is 6.52. The number of amides is 1. The first-order chi connectivity index (χ1) is 17.2. The van der Waals surface area contributed by atoms with Crippen molar-refractivity contribution in [3.05, 3.63) is 90.3 Å². The minimum absolute atomic E-state index is 0.231. The number of rotatable bonds is 10. The van der Waals surface area contributed by atoms with E-state index in [9.17, 15) is 4.79 Å². The molecule has 0 radical (unpaired) electrons. The normalized spacial score (nSPS) is 14.3. The number of carbonyl (C=O) groups excluding carboxylic acids is 1. The van der Waals surface area contributed by atoms with Crippen molar-refractivity contribution in [2.75, 3.05) is 32.4 Å². The smallest absolute Gasteiger partial charge is 0.410 e. The second-order valence-electron chi connectivity index (χ2n) is 9.24. The Morgan fingerprint density at radius 2 is 1.71 bits per heavy atom. The maximum Gasteiger partial charge on any atom is 0.415 e. The molecule has 2 aromatic carbocycles. The summed E-state index contributed by atoms with van der Waals surface area (Å²) in [5, 5.41) is 0. The fourth-order valence-corrected chi connectivity index (χ4v) is 5.28. The zero-order chi connectivity index (χ0) is 24.3. The predicted molar refractivity (Wildman–Crippen MR) is 143 cm³/mol. The van der Waals surface area contributed by atoms with Crippen LogP contribution in [0, 0.1) is 5.92 Å². The molecule has 0 N–H and O–H groups in total. The molecule has 1 amide bonds. The Hall–Kier alpha value is -2.83. The molecule has 0 bridgehead atoms. The van der Waals surface area contributed by atoms with Gasteiger partial charge in [0, 0.05) is 42.7 Å². The van der Waals surface area contributed by atoms with Crippen LogP contribution in [-0.2, 0) is 13.0 Å². The number of pyridine rings is 1. The lowest BCUT2D eigenvalue weighted by atomic mass is 9.93. The maximum absolute atomic E-state index is 12.6. The van der Waals surface area contributed by atoms with E-state index in [-0.39, 0.29) is 6.09 Å². The Balaban J connectivity index is 1.13. The van der Waals surface area contributed by atoms with Gasteiger partial charge in [0.15, 0.2) is 0 Å². The molecule has 2 heterocycles. The first-order valence-corrected chi connectivity index (χ1v) is 13.5. The van der Waals surface area contributed by atoms with Crippen LogP contribution in [0.5, 0.6) is 5.75 Å². The van der Waals surface area contributed by atoms with Crippen molar-refractivity contribution in [2.24, 2.45) is 5.92 Å². The summed E-state index contributed by atoms with van der Waals surface area (Å²) < 4.78 is 5.65. The lowest BCUT2D eigenvalue weighted by molar-refractivity contribution is 0.126. The average Bonchev–Trinajstić information content (AvgIpc) is 2.90. The molecule has 4 rings (SSSR count). The van der Waals surface area contributed by atoms with E-state index in [1.807, 2.05) is 65.5 Å². The van der Waals surface area contributed by atoms with Crippen molar-refractivity contribution in [1.29, 1.82) is 0 Å². The Labute approximate surface area is 213 Å². The molecule has 1 aliphatic rings. The molecule has 0 unspecified atom stereocenters. The highest BCUT2D eigenvalue weighted by molar-refractivity contribution is 7.99. The van der Waals surface area contributed by atoms with Crippen molar-refractivity contribution in [3.63, 3.8) is 0 Å². The van der Waals surface area contributed by atoms with E-state index in [1.165, 1.54) is 22.4 Å². The van der Waals surface area contributed by atoms with Gasteiger partial charge in [0.25, 0.3) is 0 Å². The van der Waals surface area contributed by atoms with E-state index < -0.39 is 0 Å². The summed E-state index contributed by atoms with van der Waals surface area (Å²) >= 11 is 1.82. The number of likely N-dealkylation sites (tertiary alicyclic amines) is 1. The Kier molecular flexibility index (Phi) is 9.61. The van der Waals surface area contributed by atoms with Crippen molar-refractivity contribution < 1.29 is 9.53 Å². The lowest BCUT2D eigenvalue weighted by Crippen LogP contribution is -2.40. The van der Waals surface area contributed by atoms with Gasteiger partial charge in [-0.05, 0) is 80.6 Å². The molecule has 0 aliphatic carbocycles. The van der Waals surface area contributed by atoms with Crippen LogP contribution in [0.25, 0.3) is 0 Å². The molecule has 1 saturated heterocycles. The SMILES string of the molecule is CN(CCC1CCN(C(=O)Oc2ccc(CCSc3ccncc3)cc2)CC1)Cc1ccccc1. The molecule has 1 fully saturated rings. The monoisotopic (exact) mass is 489 g/mol. The number of carbonyl (C=O) groups is 1.